The Bertz CT molecular complexity index is 631. The van der Waals surface area contributed by atoms with Crippen molar-refractivity contribution in [2.75, 3.05) is 5.43 Å². The Kier molecular flexibility index (Phi) is 4.59. The minimum atomic E-state index is -4.71. The van der Waals surface area contributed by atoms with Crippen LogP contribution in [-0.4, -0.2) is 22.5 Å². The highest BCUT2D eigenvalue weighted by molar-refractivity contribution is 6.29. The molecule has 0 fully saturated rings. The fourth-order valence-corrected chi connectivity index (χ4v) is 1.47. The molecule has 9 heteroatoms. The molecular weight excluding hydrogens is 309 g/mol. The van der Waals surface area contributed by atoms with Crippen molar-refractivity contribution in [3.8, 4) is 5.75 Å². The number of hydrogen-bond acceptors (Lipinski definition) is 5. The Morgan fingerprint density at radius 2 is 1.90 bits per heavy atom. The van der Waals surface area contributed by atoms with E-state index in [1.54, 1.807) is 0 Å². The van der Waals surface area contributed by atoms with E-state index in [9.17, 15) is 13.2 Å². The Balaban J connectivity index is 1.95. The van der Waals surface area contributed by atoms with Gasteiger partial charge in [-0.25, -0.2) is 4.98 Å². The molecule has 0 spiro atoms. The van der Waals surface area contributed by atoms with Gasteiger partial charge in [0, 0.05) is 0 Å². The smallest absolute Gasteiger partial charge is 0.406 e. The number of ether oxygens (including phenoxy) is 1. The number of alkyl halides is 3. The summed E-state index contributed by atoms with van der Waals surface area (Å²) in [6.45, 7) is 0. The van der Waals surface area contributed by atoms with Crippen LogP contribution in [-0.2, 0) is 0 Å². The molecule has 1 aromatic carbocycles. The van der Waals surface area contributed by atoms with Crippen LogP contribution in [0.5, 0.6) is 5.75 Å². The highest BCUT2D eigenvalue weighted by atomic mass is 35.5. The maximum absolute atomic E-state index is 12.0. The van der Waals surface area contributed by atoms with Crippen molar-refractivity contribution in [3.63, 3.8) is 0 Å². The minimum Gasteiger partial charge on any atom is -0.406 e. The van der Waals surface area contributed by atoms with Gasteiger partial charge in [0.15, 0.2) is 5.82 Å². The average Bonchev–Trinajstić information content (AvgIpc) is 2.39. The normalized spacial score (nSPS) is 11.6. The summed E-state index contributed by atoms with van der Waals surface area (Å²) in [4.78, 5) is 7.69. The van der Waals surface area contributed by atoms with Crippen molar-refractivity contribution < 1.29 is 17.9 Å². The summed E-state index contributed by atoms with van der Waals surface area (Å²) in [7, 11) is 0. The third-order valence-electron chi connectivity index (χ3n) is 2.11. The lowest BCUT2D eigenvalue weighted by Gasteiger charge is -2.08. The van der Waals surface area contributed by atoms with Crippen LogP contribution in [0.3, 0.4) is 0 Å². The van der Waals surface area contributed by atoms with Gasteiger partial charge in [0.2, 0.25) is 0 Å². The lowest BCUT2D eigenvalue weighted by atomic mass is 10.2. The number of halogens is 4. The number of hydrazone groups is 1. The first-order chi connectivity index (χ1) is 9.92. The first kappa shape index (κ1) is 15.0. The molecule has 0 unspecified atom stereocenters. The van der Waals surface area contributed by atoms with Crippen molar-refractivity contribution in [1.29, 1.82) is 0 Å². The zero-order valence-corrected chi connectivity index (χ0v) is 11.1. The van der Waals surface area contributed by atoms with Crippen molar-refractivity contribution >= 4 is 23.6 Å². The fraction of sp³-hybridized carbons (Fsp3) is 0.0833. The lowest BCUT2D eigenvalue weighted by Crippen LogP contribution is -2.17. The summed E-state index contributed by atoms with van der Waals surface area (Å²) in [5, 5.41) is 4.07. The van der Waals surface area contributed by atoms with Gasteiger partial charge in [-0.2, -0.15) is 5.10 Å². The van der Waals surface area contributed by atoms with Gasteiger partial charge in [-0.3, -0.25) is 10.4 Å². The lowest BCUT2D eigenvalue weighted by molar-refractivity contribution is -0.274. The highest BCUT2D eigenvalue weighted by Crippen LogP contribution is 2.22. The zero-order valence-electron chi connectivity index (χ0n) is 10.3. The van der Waals surface area contributed by atoms with Crippen molar-refractivity contribution in [3.05, 3.63) is 47.4 Å². The molecule has 0 saturated carbocycles. The van der Waals surface area contributed by atoms with E-state index in [4.69, 9.17) is 11.6 Å². The number of nitrogens with zero attached hydrogens (tertiary/aromatic N) is 3. The van der Waals surface area contributed by atoms with E-state index in [-0.39, 0.29) is 10.9 Å². The van der Waals surface area contributed by atoms with Crippen LogP contribution in [0.15, 0.2) is 41.8 Å². The topological polar surface area (TPSA) is 59.4 Å². The van der Waals surface area contributed by atoms with Crippen LogP contribution in [0.25, 0.3) is 0 Å². The van der Waals surface area contributed by atoms with Crippen LogP contribution in [0.1, 0.15) is 5.56 Å². The summed E-state index contributed by atoms with van der Waals surface area (Å²) in [6.07, 6.45) is -0.512. The largest absolute Gasteiger partial charge is 0.573 e. The number of rotatable bonds is 4. The van der Waals surface area contributed by atoms with Gasteiger partial charge < -0.3 is 4.74 Å². The summed E-state index contributed by atoms with van der Waals surface area (Å²) in [5.41, 5.74) is 3.16. The van der Waals surface area contributed by atoms with E-state index >= 15 is 0 Å². The van der Waals surface area contributed by atoms with Crippen molar-refractivity contribution in [2.24, 2.45) is 5.10 Å². The van der Waals surface area contributed by atoms with Gasteiger partial charge >= 0.3 is 6.36 Å². The molecule has 0 saturated heterocycles. The Morgan fingerprint density at radius 3 is 2.52 bits per heavy atom. The molecule has 2 aromatic rings. The van der Waals surface area contributed by atoms with Crippen LogP contribution in [0.4, 0.5) is 19.0 Å². The molecule has 0 aliphatic rings. The maximum atomic E-state index is 12.0. The molecule has 0 bridgehead atoms. The molecule has 0 aliphatic heterocycles. The maximum Gasteiger partial charge on any atom is 0.573 e. The van der Waals surface area contributed by atoms with Gasteiger partial charge in [-0.1, -0.05) is 11.6 Å². The molecule has 21 heavy (non-hydrogen) atoms. The molecular formula is C12H8ClF3N4O. The van der Waals surface area contributed by atoms with Crippen LogP contribution in [0.2, 0.25) is 5.15 Å². The molecule has 1 aromatic heterocycles. The van der Waals surface area contributed by atoms with E-state index in [0.717, 1.165) is 0 Å². The Morgan fingerprint density at radius 1 is 1.19 bits per heavy atom. The van der Waals surface area contributed by atoms with Crippen molar-refractivity contribution in [1.82, 2.24) is 9.97 Å². The minimum absolute atomic E-state index is 0.212. The third kappa shape index (κ3) is 5.27. The number of aromatic nitrogens is 2. The molecule has 1 heterocycles. The first-order valence-electron chi connectivity index (χ1n) is 5.55. The number of benzene rings is 1. The number of nitrogens with one attached hydrogen (secondary N) is 1. The SMILES string of the molecule is FC(F)(F)Oc1ccc(C=NNc2cncc(Cl)n2)cc1. The van der Waals surface area contributed by atoms with Gasteiger partial charge in [0.05, 0.1) is 18.6 Å². The van der Waals surface area contributed by atoms with E-state index in [1.807, 2.05) is 0 Å². The predicted molar refractivity (Wildman–Crippen MR) is 71.4 cm³/mol. The van der Waals surface area contributed by atoms with E-state index in [0.29, 0.717) is 11.4 Å². The predicted octanol–water partition coefficient (Wildman–Crippen LogP) is 3.47. The second kappa shape index (κ2) is 6.40. The van der Waals surface area contributed by atoms with Gasteiger partial charge in [-0.05, 0) is 29.8 Å². The standard InChI is InChI=1S/C12H8ClF3N4O/c13-10-6-17-7-11(19-10)20-18-5-8-1-3-9(4-2-8)21-12(14,15)16/h1-7H,(H,19,20). The quantitative estimate of drug-likeness (QED) is 0.693. The van der Waals surface area contributed by atoms with E-state index in [2.05, 4.69) is 25.2 Å². The van der Waals surface area contributed by atoms with Gasteiger partial charge in [-0.15, -0.1) is 13.2 Å². The van der Waals surface area contributed by atoms with Gasteiger partial charge in [0.1, 0.15) is 10.9 Å². The van der Waals surface area contributed by atoms with Crippen molar-refractivity contribution in [2.45, 2.75) is 6.36 Å². The summed E-state index contributed by atoms with van der Waals surface area (Å²) in [6, 6.07) is 5.23. The molecule has 1 N–H and O–H groups in total. The Labute approximate surface area is 122 Å². The second-order valence-electron chi connectivity index (χ2n) is 3.71. The summed E-state index contributed by atoms with van der Waals surface area (Å²) in [5.74, 6) is 0.0455. The van der Waals surface area contributed by atoms with Gasteiger partial charge in [0.25, 0.3) is 0 Å². The third-order valence-corrected chi connectivity index (χ3v) is 2.29. The average molecular weight is 317 g/mol. The molecule has 0 aliphatic carbocycles. The molecule has 0 amide bonds. The first-order valence-corrected chi connectivity index (χ1v) is 5.92. The molecule has 0 atom stereocenters. The summed E-state index contributed by atoms with van der Waals surface area (Å²) >= 11 is 5.64. The summed E-state index contributed by atoms with van der Waals surface area (Å²) < 4.78 is 39.7. The molecule has 5 nitrogen and oxygen atoms in total. The van der Waals surface area contributed by atoms with Crippen LogP contribution < -0.4 is 10.2 Å². The fourth-order valence-electron chi connectivity index (χ4n) is 1.32. The number of hydrogen-bond donors (Lipinski definition) is 1. The highest BCUT2D eigenvalue weighted by Gasteiger charge is 2.30. The van der Waals surface area contributed by atoms with E-state index in [1.165, 1.54) is 42.9 Å². The van der Waals surface area contributed by atoms with Crippen LogP contribution in [0, 0.1) is 0 Å². The Hall–Kier alpha value is -2.35. The van der Waals surface area contributed by atoms with Crippen LogP contribution >= 0.6 is 11.6 Å². The monoisotopic (exact) mass is 316 g/mol. The second-order valence-corrected chi connectivity index (χ2v) is 4.10. The zero-order chi connectivity index (χ0) is 15.3. The molecule has 2 rings (SSSR count). The molecule has 110 valence electrons. The number of anilines is 1. The van der Waals surface area contributed by atoms with E-state index < -0.39 is 6.36 Å². The molecule has 0 radical (unpaired) electrons.